The minimum absolute atomic E-state index is 0.105. The molecule has 1 aliphatic rings. The Morgan fingerprint density at radius 3 is 3.07 bits per heavy atom. The second kappa shape index (κ2) is 8.64. The van der Waals surface area contributed by atoms with Crippen LogP contribution in [0, 0.1) is 5.82 Å². The third-order valence-electron chi connectivity index (χ3n) is 4.71. The van der Waals surface area contributed by atoms with Crippen molar-refractivity contribution >= 4 is 39.4 Å². The van der Waals surface area contributed by atoms with Gasteiger partial charge in [-0.3, -0.25) is 14.9 Å². The van der Waals surface area contributed by atoms with Crippen LogP contribution in [0.2, 0.25) is 0 Å². The minimum Gasteiger partial charge on any atom is -0.364 e. The molecule has 0 spiro atoms. The lowest BCUT2D eigenvalue weighted by Gasteiger charge is -2.16. The molecule has 0 unspecified atom stereocenters. The first-order valence-corrected chi connectivity index (χ1v) is 10.0. The van der Waals surface area contributed by atoms with Gasteiger partial charge in [0.2, 0.25) is 0 Å². The maximum Gasteiger partial charge on any atom is 0.267 e. The molecular weight excluding hydrogens is 393 g/mol. The Hall–Kier alpha value is -2.88. The zero-order valence-corrected chi connectivity index (χ0v) is 16.3. The molecule has 1 aliphatic heterocycles. The van der Waals surface area contributed by atoms with E-state index >= 15 is 0 Å². The zero-order valence-electron chi connectivity index (χ0n) is 15.5. The molecule has 0 bridgehead atoms. The number of likely N-dealkylation sites (tertiary alicyclic amines) is 1. The number of rotatable bonds is 6. The number of nitrogens with one attached hydrogen (secondary N) is 2. The van der Waals surface area contributed by atoms with E-state index in [1.54, 1.807) is 11.3 Å². The minimum atomic E-state index is -0.688. The summed E-state index contributed by atoms with van der Waals surface area (Å²) in [4.78, 5) is 22.1. The fraction of sp³-hybridized carbons (Fsp3) is 0.250. The average molecular weight is 413 g/mol. The van der Waals surface area contributed by atoms with E-state index in [-0.39, 0.29) is 11.9 Å². The Labute approximate surface area is 170 Å². The van der Waals surface area contributed by atoms with Crippen LogP contribution in [0.15, 0.2) is 42.6 Å². The summed E-state index contributed by atoms with van der Waals surface area (Å²) in [6.07, 6.45) is 4.84. The van der Waals surface area contributed by atoms with E-state index in [1.807, 2.05) is 18.2 Å². The third kappa shape index (κ3) is 4.76. The topological polar surface area (TPSA) is 90.4 Å². The van der Waals surface area contributed by atoms with Gasteiger partial charge in [0.15, 0.2) is 11.6 Å². The standard InChI is InChI=1S/C20H20FN5O2S/c21-15-9-13(5-6-18(27)25-28)10-22-20(15)23-14-7-8-26(11-14)12-19-24-16-3-1-2-4-17(16)29-19/h1-6,9-10,14,28H,7-8,11-12H2,(H,22,23)(H,25,27)/t14-/m1/s1. The van der Waals surface area contributed by atoms with Gasteiger partial charge < -0.3 is 5.32 Å². The van der Waals surface area contributed by atoms with Crippen LogP contribution in [-0.2, 0) is 11.3 Å². The van der Waals surface area contributed by atoms with E-state index in [0.717, 1.165) is 42.7 Å². The lowest BCUT2D eigenvalue weighted by molar-refractivity contribution is -0.124. The lowest BCUT2D eigenvalue weighted by Crippen LogP contribution is -2.26. The number of anilines is 1. The first-order valence-electron chi connectivity index (χ1n) is 9.22. The molecule has 29 heavy (non-hydrogen) atoms. The van der Waals surface area contributed by atoms with Crippen molar-refractivity contribution in [1.82, 2.24) is 20.3 Å². The number of fused-ring (bicyclic) bond motifs is 1. The Bertz CT molecular complexity index is 1020. The van der Waals surface area contributed by atoms with Gasteiger partial charge in [0.25, 0.3) is 5.91 Å². The van der Waals surface area contributed by atoms with Gasteiger partial charge in [-0.1, -0.05) is 12.1 Å². The van der Waals surface area contributed by atoms with E-state index < -0.39 is 11.7 Å². The number of halogens is 1. The molecule has 2 aromatic heterocycles. The average Bonchev–Trinajstić information content (AvgIpc) is 3.34. The summed E-state index contributed by atoms with van der Waals surface area (Å²) < 4.78 is 15.5. The molecule has 3 heterocycles. The van der Waals surface area contributed by atoms with Crippen molar-refractivity contribution in [3.63, 3.8) is 0 Å². The Balaban J connectivity index is 1.34. The predicted molar refractivity (Wildman–Crippen MR) is 110 cm³/mol. The van der Waals surface area contributed by atoms with E-state index in [1.165, 1.54) is 28.5 Å². The molecule has 4 rings (SSSR count). The monoisotopic (exact) mass is 413 g/mol. The molecule has 1 fully saturated rings. The molecule has 0 aliphatic carbocycles. The maximum absolute atomic E-state index is 14.3. The molecule has 9 heteroatoms. The lowest BCUT2D eigenvalue weighted by atomic mass is 10.2. The number of para-hydroxylation sites is 1. The van der Waals surface area contributed by atoms with E-state index in [9.17, 15) is 9.18 Å². The summed E-state index contributed by atoms with van der Waals surface area (Å²) in [6.45, 7) is 2.48. The molecule has 1 atom stereocenters. The van der Waals surface area contributed by atoms with Gasteiger partial charge in [-0.15, -0.1) is 11.3 Å². The van der Waals surface area contributed by atoms with Crippen molar-refractivity contribution in [3.05, 3.63) is 59.0 Å². The van der Waals surface area contributed by atoms with Crippen LogP contribution >= 0.6 is 11.3 Å². The molecule has 0 radical (unpaired) electrons. The maximum atomic E-state index is 14.3. The number of aromatic nitrogens is 2. The van der Waals surface area contributed by atoms with Crippen LogP contribution in [0.4, 0.5) is 10.2 Å². The number of amides is 1. The SMILES string of the molecule is O=C(C=Cc1cnc(N[C@@H]2CCN(Cc3nc4ccccc4s3)C2)c(F)c1)NO. The van der Waals surface area contributed by atoms with Gasteiger partial charge in [-0.2, -0.15) is 0 Å². The van der Waals surface area contributed by atoms with Crippen molar-refractivity contribution in [1.29, 1.82) is 0 Å². The van der Waals surface area contributed by atoms with Gasteiger partial charge in [0.1, 0.15) is 5.01 Å². The molecule has 3 aromatic rings. The van der Waals surface area contributed by atoms with E-state index in [0.29, 0.717) is 5.56 Å². The second-order valence-electron chi connectivity index (χ2n) is 6.85. The van der Waals surface area contributed by atoms with Crippen molar-refractivity contribution in [2.45, 2.75) is 19.0 Å². The molecule has 1 saturated heterocycles. The summed E-state index contributed by atoms with van der Waals surface area (Å²) >= 11 is 1.71. The number of carbonyl (C=O) groups excluding carboxylic acids is 1. The van der Waals surface area contributed by atoms with Gasteiger partial charge in [0.05, 0.1) is 16.8 Å². The highest BCUT2D eigenvalue weighted by molar-refractivity contribution is 7.18. The first-order chi connectivity index (χ1) is 14.1. The van der Waals surface area contributed by atoms with Gasteiger partial charge in [0, 0.05) is 31.4 Å². The molecule has 1 aromatic carbocycles. The van der Waals surface area contributed by atoms with Crippen LogP contribution < -0.4 is 10.8 Å². The van der Waals surface area contributed by atoms with Crippen molar-refractivity contribution in [2.24, 2.45) is 0 Å². The fourth-order valence-corrected chi connectivity index (χ4v) is 4.34. The Kier molecular flexibility index (Phi) is 5.79. The molecule has 1 amide bonds. The van der Waals surface area contributed by atoms with Crippen molar-refractivity contribution in [3.8, 4) is 0 Å². The number of pyridine rings is 1. The third-order valence-corrected chi connectivity index (χ3v) is 5.73. The molecule has 0 saturated carbocycles. The second-order valence-corrected chi connectivity index (χ2v) is 7.96. The normalized spacial score (nSPS) is 17.2. The smallest absolute Gasteiger partial charge is 0.267 e. The Morgan fingerprint density at radius 1 is 1.41 bits per heavy atom. The first kappa shape index (κ1) is 19.4. The van der Waals surface area contributed by atoms with E-state index in [2.05, 4.69) is 26.3 Å². The van der Waals surface area contributed by atoms with Gasteiger partial charge in [-0.05, 0) is 36.3 Å². The molecule has 150 valence electrons. The summed E-state index contributed by atoms with van der Waals surface area (Å²) in [6, 6.07) is 9.51. The summed E-state index contributed by atoms with van der Waals surface area (Å²) in [5, 5.41) is 12.7. The summed E-state index contributed by atoms with van der Waals surface area (Å²) in [5.41, 5.74) is 2.93. The van der Waals surface area contributed by atoms with Gasteiger partial charge >= 0.3 is 0 Å². The number of hydrogen-bond acceptors (Lipinski definition) is 7. The highest BCUT2D eigenvalue weighted by Crippen LogP contribution is 2.25. The van der Waals surface area contributed by atoms with Crippen LogP contribution in [0.3, 0.4) is 0 Å². The molecule has 7 nitrogen and oxygen atoms in total. The molecular formula is C20H20FN5O2S. The quantitative estimate of drug-likeness (QED) is 0.327. The van der Waals surface area contributed by atoms with E-state index in [4.69, 9.17) is 5.21 Å². The predicted octanol–water partition coefficient (Wildman–Crippen LogP) is 3.04. The van der Waals surface area contributed by atoms with Crippen molar-refractivity contribution in [2.75, 3.05) is 18.4 Å². The fourth-order valence-electron chi connectivity index (χ4n) is 3.33. The summed E-state index contributed by atoms with van der Waals surface area (Å²) in [7, 11) is 0. The largest absolute Gasteiger partial charge is 0.364 e. The number of benzene rings is 1. The number of carbonyl (C=O) groups is 1. The number of hydroxylamine groups is 1. The highest BCUT2D eigenvalue weighted by atomic mass is 32.1. The van der Waals surface area contributed by atoms with Crippen LogP contribution in [0.25, 0.3) is 16.3 Å². The van der Waals surface area contributed by atoms with Crippen molar-refractivity contribution < 1.29 is 14.4 Å². The number of thiazole rings is 1. The van der Waals surface area contributed by atoms with Crippen LogP contribution in [0.1, 0.15) is 17.0 Å². The highest BCUT2D eigenvalue weighted by Gasteiger charge is 2.24. The van der Waals surface area contributed by atoms with Crippen LogP contribution in [0.5, 0.6) is 0 Å². The summed E-state index contributed by atoms with van der Waals surface area (Å²) in [5.74, 6) is -0.978. The zero-order chi connectivity index (χ0) is 20.2. The van der Waals surface area contributed by atoms with Crippen LogP contribution in [-0.4, -0.2) is 45.1 Å². The van der Waals surface area contributed by atoms with Gasteiger partial charge in [-0.25, -0.2) is 19.8 Å². The number of nitrogens with zero attached hydrogens (tertiary/aromatic N) is 3. The Morgan fingerprint density at radius 2 is 2.28 bits per heavy atom. The number of hydrogen-bond donors (Lipinski definition) is 3. The molecule has 3 N–H and O–H groups in total.